The zero-order valence-corrected chi connectivity index (χ0v) is 13.1. The lowest BCUT2D eigenvalue weighted by atomic mass is 9.99. The average molecular weight is 323 g/mol. The van der Waals surface area contributed by atoms with E-state index in [1.807, 2.05) is 36.4 Å². The number of amides is 1. The number of carbonyl (C=O) groups excluding carboxylic acids is 1. The lowest BCUT2D eigenvalue weighted by molar-refractivity contribution is 0.0964. The summed E-state index contributed by atoms with van der Waals surface area (Å²) in [7, 11) is 0.252. The SMILES string of the molecule is CNC(=O)c1ccnc2c3c(ccc12)-c1ccccc1S(=O)N3. The molecule has 1 aliphatic heterocycles. The second kappa shape index (κ2) is 5.17. The highest BCUT2D eigenvalue weighted by Crippen LogP contribution is 2.41. The summed E-state index contributed by atoms with van der Waals surface area (Å²) in [5.41, 5.74) is 3.76. The Morgan fingerprint density at radius 3 is 2.78 bits per heavy atom. The van der Waals surface area contributed by atoms with Crippen LogP contribution in [0.5, 0.6) is 0 Å². The van der Waals surface area contributed by atoms with Gasteiger partial charge in [-0.3, -0.25) is 14.5 Å². The number of benzene rings is 2. The third-order valence-corrected chi connectivity index (χ3v) is 5.10. The predicted molar refractivity (Wildman–Crippen MR) is 90.6 cm³/mol. The second-order valence-corrected chi connectivity index (χ2v) is 6.37. The van der Waals surface area contributed by atoms with Gasteiger partial charge in [0.15, 0.2) is 11.0 Å². The van der Waals surface area contributed by atoms with Gasteiger partial charge in [-0.05, 0) is 12.1 Å². The van der Waals surface area contributed by atoms with E-state index in [-0.39, 0.29) is 5.91 Å². The first kappa shape index (κ1) is 13.9. The van der Waals surface area contributed by atoms with Crippen molar-refractivity contribution in [3.63, 3.8) is 0 Å². The third-order valence-electron chi connectivity index (χ3n) is 3.96. The number of hydrogen-bond donors (Lipinski definition) is 2. The van der Waals surface area contributed by atoms with Crippen molar-refractivity contribution in [2.75, 3.05) is 11.8 Å². The molecule has 114 valence electrons. The fraction of sp³-hybridized carbons (Fsp3) is 0.0588. The summed E-state index contributed by atoms with van der Waals surface area (Å²) in [4.78, 5) is 17.2. The Bertz CT molecular complexity index is 985. The maximum absolute atomic E-state index is 12.5. The van der Waals surface area contributed by atoms with E-state index in [1.165, 1.54) is 0 Å². The van der Waals surface area contributed by atoms with Crippen molar-refractivity contribution < 1.29 is 9.00 Å². The first-order valence-corrected chi connectivity index (χ1v) is 8.27. The summed E-state index contributed by atoms with van der Waals surface area (Å²) in [5, 5.41) is 3.36. The number of fused-ring (bicyclic) bond motifs is 5. The number of hydrogen-bond acceptors (Lipinski definition) is 3. The van der Waals surface area contributed by atoms with Gasteiger partial charge in [0.2, 0.25) is 0 Å². The van der Waals surface area contributed by atoms with E-state index < -0.39 is 11.0 Å². The fourth-order valence-corrected chi connectivity index (χ4v) is 3.96. The first-order chi connectivity index (χ1) is 11.2. The molecule has 23 heavy (non-hydrogen) atoms. The Kier molecular flexibility index (Phi) is 3.12. The monoisotopic (exact) mass is 323 g/mol. The van der Waals surface area contributed by atoms with Crippen LogP contribution in [0.1, 0.15) is 10.4 Å². The van der Waals surface area contributed by atoms with Crippen molar-refractivity contribution in [1.82, 2.24) is 10.3 Å². The maximum Gasteiger partial charge on any atom is 0.251 e. The summed E-state index contributed by atoms with van der Waals surface area (Å²) < 4.78 is 15.5. The van der Waals surface area contributed by atoms with Gasteiger partial charge in [-0.2, -0.15) is 0 Å². The zero-order chi connectivity index (χ0) is 16.0. The smallest absolute Gasteiger partial charge is 0.251 e. The lowest BCUT2D eigenvalue weighted by Gasteiger charge is -2.22. The highest BCUT2D eigenvalue weighted by molar-refractivity contribution is 7.86. The van der Waals surface area contributed by atoms with Gasteiger partial charge in [-0.25, -0.2) is 4.21 Å². The molecule has 0 saturated heterocycles. The van der Waals surface area contributed by atoms with Crippen LogP contribution in [0.3, 0.4) is 0 Å². The molecule has 3 aromatic rings. The van der Waals surface area contributed by atoms with Crippen molar-refractivity contribution in [2.45, 2.75) is 4.90 Å². The topological polar surface area (TPSA) is 71.1 Å². The van der Waals surface area contributed by atoms with Crippen LogP contribution in [-0.4, -0.2) is 22.1 Å². The van der Waals surface area contributed by atoms with Gasteiger partial charge in [-0.1, -0.05) is 30.3 Å². The van der Waals surface area contributed by atoms with E-state index in [2.05, 4.69) is 15.0 Å². The van der Waals surface area contributed by atoms with Crippen molar-refractivity contribution in [3.8, 4) is 11.1 Å². The van der Waals surface area contributed by atoms with Crippen LogP contribution in [0.2, 0.25) is 0 Å². The minimum absolute atomic E-state index is 0.172. The second-order valence-electron chi connectivity index (χ2n) is 5.19. The number of carbonyl (C=O) groups is 1. The van der Waals surface area contributed by atoms with Crippen molar-refractivity contribution in [3.05, 3.63) is 54.2 Å². The van der Waals surface area contributed by atoms with Crippen LogP contribution in [0.15, 0.2) is 53.6 Å². The quantitative estimate of drug-likeness (QED) is 0.723. The molecule has 5 nitrogen and oxygen atoms in total. The van der Waals surface area contributed by atoms with Crippen LogP contribution >= 0.6 is 0 Å². The molecule has 1 atom stereocenters. The van der Waals surface area contributed by atoms with Gasteiger partial charge >= 0.3 is 0 Å². The highest BCUT2D eigenvalue weighted by Gasteiger charge is 2.24. The van der Waals surface area contributed by atoms with E-state index in [9.17, 15) is 9.00 Å². The zero-order valence-electron chi connectivity index (χ0n) is 12.3. The largest absolute Gasteiger partial charge is 0.355 e. The molecule has 0 radical (unpaired) electrons. The summed E-state index contributed by atoms with van der Waals surface area (Å²) in [6, 6.07) is 13.1. The van der Waals surface area contributed by atoms with Crippen molar-refractivity contribution in [1.29, 1.82) is 0 Å². The average Bonchev–Trinajstić information content (AvgIpc) is 2.60. The van der Waals surface area contributed by atoms with E-state index in [0.717, 1.165) is 21.4 Å². The highest BCUT2D eigenvalue weighted by atomic mass is 32.2. The maximum atomic E-state index is 12.5. The van der Waals surface area contributed by atoms with E-state index in [4.69, 9.17) is 0 Å². The predicted octanol–water partition coefficient (Wildman–Crippen LogP) is 2.71. The normalized spacial score (nSPS) is 15.4. The summed E-state index contributed by atoms with van der Waals surface area (Å²) in [6.07, 6.45) is 1.60. The molecule has 0 spiro atoms. The Hall–Kier alpha value is -2.73. The number of nitrogens with one attached hydrogen (secondary N) is 2. The summed E-state index contributed by atoms with van der Waals surface area (Å²) in [6.45, 7) is 0. The number of anilines is 1. The minimum Gasteiger partial charge on any atom is -0.355 e. The van der Waals surface area contributed by atoms with Crippen LogP contribution in [0.4, 0.5) is 5.69 Å². The molecule has 2 heterocycles. The summed E-state index contributed by atoms with van der Waals surface area (Å²) >= 11 is 0. The van der Waals surface area contributed by atoms with Crippen LogP contribution < -0.4 is 10.0 Å². The van der Waals surface area contributed by atoms with Gasteiger partial charge in [-0.15, -0.1) is 0 Å². The van der Waals surface area contributed by atoms with Gasteiger partial charge < -0.3 is 5.32 Å². The molecule has 4 rings (SSSR count). The lowest BCUT2D eigenvalue weighted by Crippen LogP contribution is -2.19. The van der Waals surface area contributed by atoms with Crippen LogP contribution in [0, 0.1) is 0 Å². The molecule has 0 aliphatic carbocycles. The molecular formula is C17H13N3O2S. The molecule has 0 fully saturated rings. The molecule has 1 aromatic heterocycles. The Morgan fingerprint density at radius 1 is 1.13 bits per heavy atom. The van der Waals surface area contributed by atoms with Gasteiger partial charge in [0, 0.05) is 29.8 Å². The van der Waals surface area contributed by atoms with Gasteiger partial charge in [0.1, 0.15) is 0 Å². The molecule has 2 N–H and O–H groups in total. The minimum atomic E-state index is -1.34. The Morgan fingerprint density at radius 2 is 1.96 bits per heavy atom. The molecule has 6 heteroatoms. The summed E-state index contributed by atoms with van der Waals surface area (Å²) in [5.74, 6) is -0.172. The van der Waals surface area contributed by atoms with Crippen molar-refractivity contribution in [2.24, 2.45) is 0 Å². The number of rotatable bonds is 1. The Labute approximate surface area is 135 Å². The van der Waals surface area contributed by atoms with E-state index in [0.29, 0.717) is 16.8 Å². The molecule has 1 unspecified atom stereocenters. The number of aromatic nitrogens is 1. The first-order valence-electron chi connectivity index (χ1n) is 7.12. The third kappa shape index (κ3) is 2.03. The van der Waals surface area contributed by atoms with Gasteiger partial charge in [0.25, 0.3) is 5.91 Å². The molecule has 0 saturated carbocycles. The van der Waals surface area contributed by atoms with E-state index in [1.54, 1.807) is 19.3 Å². The number of nitrogens with zero attached hydrogens (tertiary/aromatic N) is 1. The Balaban J connectivity index is 2.05. The number of pyridine rings is 1. The molecule has 0 bridgehead atoms. The van der Waals surface area contributed by atoms with Crippen LogP contribution in [0.25, 0.3) is 22.0 Å². The van der Waals surface area contributed by atoms with E-state index >= 15 is 0 Å². The molecule has 1 amide bonds. The standard InChI is InChI=1S/C17H13N3O2S/c1-18-17(21)13-8-9-19-15-12(13)7-6-11-10-4-2-3-5-14(10)23(22)20-16(11)15/h2-9,20H,1H3,(H,18,21). The molecule has 1 aliphatic rings. The molecular weight excluding hydrogens is 310 g/mol. The molecule has 2 aromatic carbocycles. The fourth-order valence-electron chi connectivity index (χ4n) is 2.88. The van der Waals surface area contributed by atoms with Gasteiger partial charge in [0.05, 0.1) is 21.7 Å². The van der Waals surface area contributed by atoms with Crippen molar-refractivity contribution >= 4 is 33.5 Å². The van der Waals surface area contributed by atoms with Crippen LogP contribution in [-0.2, 0) is 11.0 Å².